The van der Waals surface area contributed by atoms with E-state index in [0.29, 0.717) is 23.5 Å². The van der Waals surface area contributed by atoms with Gasteiger partial charge in [-0.15, -0.1) is 11.3 Å². The van der Waals surface area contributed by atoms with E-state index in [1.165, 1.54) is 87.2 Å². The predicted molar refractivity (Wildman–Crippen MR) is 302 cm³/mol. The summed E-state index contributed by atoms with van der Waals surface area (Å²) in [6, 6.07) is 78.5. The smallest absolute Gasteiger partial charge is 0.234 e. The molecule has 2 aliphatic carbocycles. The monoisotopic (exact) mass is 957 g/mol. The number of fused-ring (bicyclic) bond motifs is 13. The minimum Gasteiger partial charge on any atom is -0.333 e. The number of nitrogens with zero attached hydrogens (tertiary/aromatic N) is 5. The summed E-state index contributed by atoms with van der Waals surface area (Å²) in [7, 11) is 0. The molecule has 5 nitrogen and oxygen atoms in total. The maximum atomic E-state index is 5.32. The lowest BCUT2D eigenvalue weighted by Crippen LogP contribution is -2.26. The lowest BCUT2D eigenvalue weighted by Gasteiger charge is -2.30. The summed E-state index contributed by atoms with van der Waals surface area (Å²) in [6.45, 7) is 9.73. The SMILES string of the molecule is CC1(C)c2ccccc2C2C1c1cc(-c3ccc4sc5ccc(-c6ccc7c(c6)C6C(c8ccccc8C6(C)C)N7c6nc(-c7ccccc7)nc(-c7ccccc7)n6)cc5c4c3)ccc1N2c1ccccc1. The lowest BCUT2D eigenvalue weighted by molar-refractivity contribution is 0.419. The summed E-state index contributed by atoms with van der Waals surface area (Å²) in [5.74, 6) is 2.48. The summed E-state index contributed by atoms with van der Waals surface area (Å²) in [6.07, 6.45) is 0. The number of anilines is 4. The molecular formula is C67H51N5S. The predicted octanol–water partition coefficient (Wildman–Crippen LogP) is 17.4. The summed E-state index contributed by atoms with van der Waals surface area (Å²) in [5, 5.41) is 2.60. The van der Waals surface area contributed by atoms with Crippen molar-refractivity contribution in [3.05, 3.63) is 246 Å². The number of hydrogen-bond donors (Lipinski definition) is 0. The van der Waals surface area contributed by atoms with Crippen LogP contribution in [0.15, 0.2) is 212 Å². The fourth-order valence-corrected chi connectivity index (χ4v) is 14.8. The van der Waals surface area contributed by atoms with E-state index in [9.17, 15) is 0 Å². The van der Waals surface area contributed by atoms with Gasteiger partial charge in [-0.3, -0.25) is 0 Å². The third-order valence-corrected chi connectivity index (χ3v) is 18.2. The number of aromatic nitrogens is 3. The minimum absolute atomic E-state index is 0.00870. The topological polar surface area (TPSA) is 45.2 Å². The van der Waals surface area contributed by atoms with Crippen molar-refractivity contribution < 1.29 is 0 Å². The van der Waals surface area contributed by atoms with Gasteiger partial charge in [0, 0.05) is 60.2 Å². The molecule has 15 rings (SSSR count). The van der Waals surface area contributed by atoms with Gasteiger partial charge in [0.15, 0.2) is 11.6 Å². The number of para-hydroxylation sites is 1. The maximum Gasteiger partial charge on any atom is 0.234 e. The summed E-state index contributed by atoms with van der Waals surface area (Å²) < 4.78 is 2.61. The molecule has 0 saturated heterocycles. The zero-order valence-electron chi connectivity index (χ0n) is 41.2. The second-order valence-corrected chi connectivity index (χ2v) is 22.7. The van der Waals surface area contributed by atoms with Crippen LogP contribution in [0.25, 0.3) is 65.2 Å². The quantitative estimate of drug-likeness (QED) is 0.166. The zero-order chi connectivity index (χ0) is 48.7. The van der Waals surface area contributed by atoms with Gasteiger partial charge in [-0.2, -0.15) is 9.97 Å². The Kier molecular flexibility index (Phi) is 9.11. The number of hydrogen-bond acceptors (Lipinski definition) is 6. The van der Waals surface area contributed by atoms with Crippen LogP contribution < -0.4 is 9.80 Å². The molecule has 9 aromatic carbocycles. The van der Waals surface area contributed by atoms with Gasteiger partial charge in [0.05, 0.1) is 12.1 Å². The molecule has 0 amide bonds. The normalized spacial score (nSPS) is 19.4. The first-order chi connectivity index (χ1) is 35.7. The molecule has 2 aromatic heterocycles. The zero-order valence-corrected chi connectivity index (χ0v) is 42.0. The number of rotatable bonds is 6. The van der Waals surface area contributed by atoms with Gasteiger partial charge in [-0.25, -0.2) is 4.98 Å². The van der Waals surface area contributed by atoms with Crippen molar-refractivity contribution in [1.82, 2.24) is 15.0 Å². The molecule has 0 bridgehead atoms. The average Bonchev–Trinajstić information content (AvgIpc) is 4.22. The van der Waals surface area contributed by atoms with Gasteiger partial charge in [0.2, 0.25) is 5.95 Å². The van der Waals surface area contributed by atoms with E-state index in [0.717, 1.165) is 16.8 Å². The van der Waals surface area contributed by atoms with Crippen LogP contribution in [0.3, 0.4) is 0 Å². The van der Waals surface area contributed by atoms with Crippen LogP contribution in [0, 0.1) is 0 Å². The van der Waals surface area contributed by atoms with E-state index in [4.69, 9.17) is 15.0 Å². The molecule has 0 N–H and O–H groups in total. The summed E-state index contributed by atoms with van der Waals surface area (Å²) in [4.78, 5) is 20.7. The van der Waals surface area contributed by atoms with Crippen LogP contribution in [-0.2, 0) is 10.8 Å². The molecule has 0 fully saturated rings. The first-order valence-electron chi connectivity index (χ1n) is 25.6. The van der Waals surface area contributed by atoms with Crippen LogP contribution in [0.4, 0.5) is 23.0 Å². The Bertz CT molecular complexity index is 3970. The average molecular weight is 958 g/mol. The molecule has 4 unspecified atom stereocenters. The van der Waals surface area contributed by atoms with E-state index in [-0.39, 0.29) is 28.8 Å². The van der Waals surface area contributed by atoms with Gasteiger partial charge in [0.25, 0.3) is 0 Å². The molecule has 4 heterocycles. The van der Waals surface area contributed by atoms with Crippen molar-refractivity contribution in [2.75, 3.05) is 9.80 Å². The van der Waals surface area contributed by atoms with Crippen LogP contribution in [0.5, 0.6) is 0 Å². The van der Waals surface area contributed by atoms with Crippen LogP contribution >= 0.6 is 11.3 Å². The van der Waals surface area contributed by atoms with Gasteiger partial charge in [-0.05, 0) is 127 Å². The molecule has 73 heavy (non-hydrogen) atoms. The van der Waals surface area contributed by atoms with Gasteiger partial charge in [-0.1, -0.05) is 179 Å². The summed E-state index contributed by atoms with van der Waals surface area (Å²) in [5.41, 5.74) is 18.8. The van der Waals surface area contributed by atoms with Gasteiger partial charge < -0.3 is 9.80 Å². The Morgan fingerprint density at radius 1 is 0.370 bits per heavy atom. The molecule has 350 valence electrons. The first kappa shape index (κ1) is 42.5. The highest BCUT2D eigenvalue weighted by Crippen LogP contribution is 2.66. The van der Waals surface area contributed by atoms with Crippen LogP contribution in [0.2, 0.25) is 0 Å². The van der Waals surface area contributed by atoms with E-state index in [2.05, 4.69) is 213 Å². The van der Waals surface area contributed by atoms with Crippen molar-refractivity contribution in [1.29, 1.82) is 0 Å². The number of benzene rings is 9. The molecule has 2 aliphatic heterocycles. The Hall–Kier alpha value is -8.19. The maximum absolute atomic E-state index is 5.32. The van der Waals surface area contributed by atoms with Gasteiger partial charge >= 0.3 is 0 Å². The molecule has 0 spiro atoms. The lowest BCUT2D eigenvalue weighted by atomic mass is 9.74. The minimum atomic E-state index is -0.152. The molecule has 11 aromatic rings. The van der Waals surface area contributed by atoms with Crippen molar-refractivity contribution in [3.63, 3.8) is 0 Å². The second-order valence-electron chi connectivity index (χ2n) is 21.6. The van der Waals surface area contributed by atoms with Crippen LogP contribution in [-0.4, -0.2) is 15.0 Å². The highest BCUT2D eigenvalue weighted by molar-refractivity contribution is 7.25. The van der Waals surface area contributed by atoms with E-state index in [1.807, 2.05) is 47.7 Å². The Labute approximate surface area is 430 Å². The van der Waals surface area contributed by atoms with Crippen molar-refractivity contribution in [3.8, 4) is 45.0 Å². The highest BCUT2D eigenvalue weighted by atomic mass is 32.1. The van der Waals surface area contributed by atoms with Crippen molar-refractivity contribution in [2.24, 2.45) is 0 Å². The van der Waals surface area contributed by atoms with Gasteiger partial charge in [0.1, 0.15) is 0 Å². The Morgan fingerprint density at radius 3 is 1.29 bits per heavy atom. The molecule has 6 heteroatoms. The van der Waals surface area contributed by atoms with E-state index < -0.39 is 0 Å². The molecular weight excluding hydrogens is 907 g/mol. The second kappa shape index (κ2) is 15.7. The standard InChI is InChI=1S/C67H51N5S/c1-66(2)53-26-16-14-24-47(53)61-59(66)51-38-42(28-32-55(51)71(61)46-22-12-7-13-23-46)44-30-34-57-49(36-44)50-37-45(31-35-58(50)73-57)43-29-33-56-52(39-43)60-62(48-25-15-17-27-54(48)67(60,3)4)72(56)65-69-63(40-18-8-5-9-19-40)68-64(70-65)41-20-10-6-11-21-41/h5-39,59-62H,1-4H3. The first-order valence-corrected chi connectivity index (χ1v) is 26.5. The fourth-order valence-electron chi connectivity index (χ4n) is 13.7. The number of thiophene rings is 1. The molecule has 4 aliphatic rings. The van der Waals surface area contributed by atoms with E-state index in [1.54, 1.807) is 0 Å². The Balaban J connectivity index is 0.842. The molecule has 0 saturated carbocycles. The third kappa shape index (κ3) is 6.23. The van der Waals surface area contributed by atoms with Crippen LogP contribution in [0.1, 0.15) is 85.0 Å². The van der Waals surface area contributed by atoms with Crippen molar-refractivity contribution >= 4 is 54.5 Å². The largest absolute Gasteiger partial charge is 0.333 e. The highest BCUT2D eigenvalue weighted by Gasteiger charge is 2.56. The van der Waals surface area contributed by atoms with Crippen molar-refractivity contribution in [2.45, 2.75) is 62.4 Å². The molecule has 4 atom stereocenters. The fraction of sp³-hybridized carbons (Fsp3) is 0.149. The molecule has 0 radical (unpaired) electrons. The van der Waals surface area contributed by atoms with E-state index >= 15 is 0 Å². The summed E-state index contributed by atoms with van der Waals surface area (Å²) >= 11 is 1.88. The third-order valence-electron chi connectivity index (χ3n) is 17.0. The Morgan fingerprint density at radius 2 is 0.781 bits per heavy atom.